The van der Waals surface area contributed by atoms with E-state index in [1.54, 1.807) is 11.3 Å². The summed E-state index contributed by atoms with van der Waals surface area (Å²) in [7, 11) is 0. The van der Waals surface area contributed by atoms with E-state index in [0.717, 1.165) is 41.4 Å². The van der Waals surface area contributed by atoms with Crippen molar-refractivity contribution in [2.45, 2.75) is 39.2 Å². The molecule has 4 heterocycles. The summed E-state index contributed by atoms with van der Waals surface area (Å²) in [4.78, 5) is 21.8. The number of hydrogen-bond acceptors (Lipinski definition) is 8. The predicted molar refractivity (Wildman–Crippen MR) is 109 cm³/mol. The Hall–Kier alpha value is -1.97. The molecule has 7 nitrogen and oxygen atoms in total. The van der Waals surface area contributed by atoms with E-state index in [1.165, 1.54) is 15.9 Å². The van der Waals surface area contributed by atoms with Gasteiger partial charge in [-0.25, -0.2) is 4.98 Å². The number of aromatic nitrogens is 3. The van der Waals surface area contributed by atoms with Gasteiger partial charge in [-0.2, -0.15) is 4.52 Å². The highest BCUT2D eigenvalue weighted by molar-refractivity contribution is 7.17. The van der Waals surface area contributed by atoms with Gasteiger partial charge in [-0.3, -0.25) is 9.69 Å². The summed E-state index contributed by atoms with van der Waals surface area (Å²) in [6, 6.07) is 3.98. The van der Waals surface area contributed by atoms with Crippen molar-refractivity contribution in [1.82, 2.24) is 19.5 Å². The maximum Gasteiger partial charge on any atom is 0.310 e. The van der Waals surface area contributed by atoms with Crippen molar-refractivity contribution in [3.8, 4) is 5.88 Å². The van der Waals surface area contributed by atoms with E-state index in [9.17, 15) is 9.90 Å². The lowest BCUT2D eigenvalue weighted by atomic mass is 9.96. The quantitative estimate of drug-likeness (QED) is 0.615. The van der Waals surface area contributed by atoms with Gasteiger partial charge in [0.1, 0.15) is 0 Å². The van der Waals surface area contributed by atoms with Crippen molar-refractivity contribution in [3.63, 3.8) is 0 Å². The van der Waals surface area contributed by atoms with E-state index in [1.807, 2.05) is 25.3 Å². The second kappa shape index (κ2) is 8.18. The van der Waals surface area contributed by atoms with Crippen LogP contribution in [0.5, 0.6) is 5.88 Å². The Labute approximate surface area is 171 Å². The summed E-state index contributed by atoms with van der Waals surface area (Å²) in [6.45, 7) is 5.72. The highest BCUT2D eigenvalue weighted by atomic mass is 32.1. The Morgan fingerprint density at radius 2 is 2.32 bits per heavy atom. The molecule has 1 N–H and O–H groups in total. The number of hydrogen-bond donors (Lipinski definition) is 1. The van der Waals surface area contributed by atoms with Crippen LogP contribution in [0.2, 0.25) is 0 Å². The number of carbonyl (C=O) groups excluding carboxylic acids is 1. The largest absolute Gasteiger partial charge is 0.492 e. The highest BCUT2D eigenvalue weighted by Gasteiger charge is 2.35. The number of nitrogens with zero attached hydrogens (tertiary/aromatic N) is 4. The van der Waals surface area contributed by atoms with Crippen LogP contribution in [0.1, 0.15) is 48.3 Å². The molecule has 3 aromatic heterocycles. The van der Waals surface area contributed by atoms with Gasteiger partial charge in [-0.15, -0.1) is 16.4 Å². The van der Waals surface area contributed by atoms with Crippen molar-refractivity contribution < 1.29 is 14.6 Å². The molecule has 28 heavy (non-hydrogen) atoms. The van der Waals surface area contributed by atoms with Gasteiger partial charge < -0.3 is 9.84 Å². The minimum absolute atomic E-state index is 0.115. The first kappa shape index (κ1) is 19.4. The van der Waals surface area contributed by atoms with E-state index in [-0.39, 0.29) is 23.8 Å². The molecular formula is C19H24N4O3S2. The fourth-order valence-electron chi connectivity index (χ4n) is 3.73. The van der Waals surface area contributed by atoms with Crippen molar-refractivity contribution in [3.05, 3.63) is 33.1 Å². The lowest BCUT2D eigenvalue weighted by molar-refractivity contribution is -0.150. The normalized spacial score (nSPS) is 19.1. The zero-order valence-electron chi connectivity index (χ0n) is 16.0. The summed E-state index contributed by atoms with van der Waals surface area (Å²) in [6.07, 6.45) is 2.49. The third kappa shape index (κ3) is 3.54. The summed E-state index contributed by atoms with van der Waals surface area (Å²) in [5.41, 5.74) is 0. The number of fused-ring (bicyclic) bond motifs is 1. The smallest absolute Gasteiger partial charge is 0.310 e. The maximum absolute atomic E-state index is 12.3. The number of rotatable bonds is 6. The third-order valence-corrected chi connectivity index (χ3v) is 7.06. The first-order valence-electron chi connectivity index (χ1n) is 9.63. The number of thiophene rings is 1. The zero-order chi connectivity index (χ0) is 19.7. The lowest BCUT2D eigenvalue weighted by Crippen LogP contribution is -2.41. The molecule has 150 valence electrons. The molecule has 0 aromatic carbocycles. The van der Waals surface area contributed by atoms with Crippen molar-refractivity contribution in [1.29, 1.82) is 0 Å². The molecule has 1 aliphatic heterocycles. The van der Waals surface area contributed by atoms with Gasteiger partial charge in [-0.1, -0.05) is 24.3 Å². The van der Waals surface area contributed by atoms with E-state index in [0.29, 0.717) is 18.1 Å². The van der Waals surface area contributed by atoms with Crippen LogP contribution in [0.25, 0.3) is 4.96 Å². The Morgan fingerprint density at radius 1 is 1.46 bits per heavy atom. The number of aryl methyl sites for hydroxylation is 1. The van der Waals surface area contributed by atoms with Crippen molar-refractivity contribution >= 4 is 33.6 Å². The number of aromatic hydroxyl groups is 1. The molecule has 3 aromatic rings. The molecule has 4 rings (SSSR count). The standard InChI is InChI=1S/C19H24N4O3S2/c1-3-14-20-19-23(21-14)17(24)16(28-19)15(13-8-6-10-27-13)22-9-5-7-12(11-22)18(25)26-4-2/h6,8,10,12,15,24H,3-5,7,9,11H2,1-2H3/t12-,15-/m0/s1. The second-order valence-corrected chi connectivity index (χ2v) is 8.86. The van der Waals surface area contributed by atoms with E-state index >= 15 is 0 Å². The van der Waals surface area contributed by atoms with Crippen LogP contribution in [0.3, 0.4) is 0 Å². The van der Waals surface area contributed by atoms with Crippen LogP contribution in [0.4, 0.5) is 0 Å². The molecule has 0 spiro atoms. The van der Waals surface area contributed by atoms with Crippen LogP contribution >= 0.6 is 22.7 Å². The molecule has 2 atom stereocenters. The van der Waals surface area contributed by atoms with Gasteiger partial charge >= 0.3 is 5.97 Å². The molecule has 1 saturated heterocycles. The monoisotopic (exact) mass is 420 g/mol. The molecule has 0 saturated carbocycles. The van der Waals surface area contributed by atoms with E-state index in [4.69, 9.17) is 4.74 Å². The maximum atomic E-state index is 12.3. The summed E-state index contributed by atoms with van der Waals surface area (Å²) >= 11 is 3.12. The van der Waals surface area contributed by atoms with Gasteiger partial charge in [0, 0.05) is 17.8 Å². The Bertz CT molecular complexity index is 950. The van der Waals surface area contributed by atoms with Crippen LogP contribution in [-0.2, 0) is 16.0 Å². The van der Waals surface area contributed by atoms with Gasteiger partial charge in [-0.05, 0) is 37.8 Å². The Balaban J connectivity index is 1.70. The fourth-order valence-corrected chi connectivity index (χ4v) is 5.80. The molecule has 0 amide bonds. The van der Waals surface area contributed by atoms with Gasteiger partial charge in [0.15, 0.2) is 5.82 Å². The second-order valence-electron chi connectivity index (χ2n) is 6.87. The lowest BCUT2D eigenvalue weighted by Gasteiger charge is -2.36. The molecule has 0 radical (unpaired) electrons. The van der Waals surface area contributed by atoms with Crippen molar-refractivity contribution in [2.24, 2.45) is 5.92 Å². The fraction of sp³-hybridized carbons (Fsp3) is 0.526. The number of thiazole rings is 1. The van der Waals surface area contributed by atoms with Crippen LogP contribution in [-0.4, -0.2) is 50.3 Å². The SMILES string of the molecule is CCOC(=O)[C@H]1CCCN([C@@H](c2cccs2)c2sc3nc(CC)nn3c2O)C1. The van der Waals surface area contributed by atoms with Crippen LogP contribution < -0.4 is 0 Å². The van der Waals surface area contributed by atoms with E-state index in [2.05, 4.69) is 21.0 Å². The average Bonchev–Trinajstić information content (AvgIpc) is 3.42. The number of ether oxygens (including phenoxy) is 1. The first-order valence-corrected chi connectivity index (χ1v) is 11.3. The highest BCUT2D eigenvalue weighted by Crippen LogP contribution is 2.42. The number of piperidine rings is 1. The predicted octanol–water partition coefficient (Wildman–Crippen LogP) is 3.48. The Kier molecular flexibility index (Phi) is 5.65. The Morgan fingerprint density at radius 3 is 3.00 bits per heavy atom. The number of carbonyl (C=O) groups is 1. The minimum atomic E-state index is -0.132. The molecule has 0 unspecified atom stereocenters. The van der Waals surface area contributed by atoms with Crippen LogP contribution in [0, 0.1) is 5.92 Å². The third-order valence-electron chi connectivity index (χ3n) is 5.06. The zero-order valence-corrected chi connectivity index (χ0v) is 17.6. The summed E-state index contributed by atoms with van der Waals surface area (Å²) < 4.78 is 6.79. The topological polar surface area (TPSA) is 80.0 Å². The average molecular weight is 421 g/mol. The summed E-state index contributed by atoms with van der Waals surface area (Å²) in [5.74, 6) is 0.605. The minimum Gasteiger partial charge on any atom is -0.492 e. The van der Waals surface area contributed by atoms with Gasteiger partial charge in [0.2, 0.25) is 10.8 Å². The molecule has 1 aliphatic rings. The van der Waals surface area contributed by atoms with Crippen molar-refractivity contribution in [2.75, 3.05) is 19.7 Å². The number of likely N-dealkylation sites (tertiary alicyclic amines) is 1. The number of esters is 1. The van der Waals surface area contributed by atoms with Gasteiger partial charge in [0.05, 0.1) is 23.4 Å². The molecule has 0 bridgehead atoms. The van der Waals surface area contributed by atoms with Gasteiger partial charge in [0.25, 0.3) is 0 Å². The molecule has 1 fully saturated rings. The molecule has 0 aliphatic carbocycles. The first-order chi connectivity index (χ1) is 13.6. The molecular weight excluding hydrogens is 396 g/mol. The summed E-state index contributed by atoms with van der Waals surface area (Å²) in [5, 5.41) is 17.4. The molecule has 9 heteroatoms. The van der Waals surface area contributed by atoms with E-state index < -0.39 is 0 Å². The van der Waals surface area contributed by atoms with Crippen LogP contribution in [0.15, 0.2) is 17.5 Å².